The van der Waals surface area contributed by atoms with Crippen molar-refractivity contribution < 1.29 is 14.3 Å². The molecule has 0 bridgehead atoms. The Balaban J connectivity index is 1.77. The summed E-state index contributed by atoms with van der Waals surface area (Å²) in [5.74, 6) is -0.334. The van der Waals surface area contributed by atoms with Crippen molar-refractivity contribution in [1.29, 1.82) is 0 Å². The smallest absolute Gasteiger partial charge is 0.338 e. The Bertz CT molecular complexity index is 991. The fourth-order valence-electron chi connectivity index (χ4n) is 3.12. The van der Waals surface area contributed by atoms with Gasteiger partial charge in [0.2, 0.25) is 0 Å². The molecule has 0 amide bonds. The Morgan fingerprint density at radius 2 is 2.15 bits per heavy atom. The standard InChI is InChI=1S/C20H19N3O3/c1-2-26-20(24)16-6-4-3-5-15(16)17-11-22-23-13-18(21-12-19(17)23)14-7-9-25-10-8-14/h3-7,11-13H,2,8-10H2,1H3. The van der Waals surface area contributed by atoms with Crippen LogP contribution in [0.3, 0.4) is 0 Å². The highest BCUT2D eigenvalue weighted by Gasteiger charge is 2.17. The van der Waals surface area contributed by atoms with Crippen LogP contribution in [0.15, 0.2) is 48.9 Å². The van der Waals surface area contributed by atoms with E-state index >= 15 is 0 Å². The molecule has 0 aliphatic carbocycles. The molecule has 3 heterocycles. The van der Waals surface area contributed by atoms with Crippen LogP contribution in [0.5, 0.6) is 0 Å². The van der Waals surface area contributed by atoms with Crippen LogP contribution in [0, 0.1) is 0 Å². The van der Waals surface area contributed by atoms with Crippen LogP contribution >= 0.6 is 0 Å². The number of aromatic nitrogens is 3. The third-order valence-corrected chi connectivity index (χ3v) is 4.41. The molecule has 0 atom stereocenters. The van der Waals surface area contributed by atoms with Gasteiger partial charge in [0.1, 0.15) is 0 Å². The van der Waals surface area contributed by atoms with Crippen LogP contribution in [0.2, 0.25) is 0 Å². The van der Waals surface area contributed by atoms with Gasteiger partial charge >= 0.3 is 5.97 Å². The van der Waals surface area contributed by atoms with E-state index in [1.807, 2.05) is 24.4 Å². The van der Waals surface area contributed by atoms with Gasteiger partial charge in [-0.05, 0) is 25.0 Å². The second-order valence-corrected chi connectivity index (χ2v) is 5.98. The molecule has 132 valence electrons. The Morgan fingerprint density at radius 3 is 2.96 bits per heavy atom. The highest BCUT2D eigenvalue weighted by atomic mass is 16.5. The number of hydrogen-bond acceptors (Lipinski definition) is 5. The Labute approximate surface area is 151 Å². The summed E-state index contributed by atoms with van der Waals surface area (Å²) in [5.41, 5.74) is 5.09. The maximum atomic E-state index is 12.3. The Kier molecular flexibility index (Phi) is 4.50. The molecule has 0 spiro atoms. The largest absolute Gasteiger partial charge is 0.462 e. The number of nitrogens with zero attached hydrogens (tertiary/aromatic N) is 3. The fraction of sp³-hybridized carbons (Fsp3) is 0.250. The third-order valence-electron chi connectivity index (χ3n) is 4.41. The summed E-state index contributed by atoms with van der Waals surface area (Å²) in [5, 5.41) is 4.46. The van der Waals surface area contributed by atoms with Crippen molar-refractivity contribution >= 4 is 17.1 Å². The van der Waals surface area contributed by atoms with Crippen molar-refractivity contribution in [2.75, 3.05) is 19.8 Å². The molecular weight excluding hydrogens is 330 g/mol. The van der Waals surface area contributed by atoms with Crippen LogP contribution in [-0.4, -0.2) is 40.4 Å². The van der Waals surface area contributed by atoms with Gasteiger partial charge in [0.15, 0.2) is 0 Å². The summed E-state index contributed by atoms with van der Waals surface area (Å²) < 4.78 is 12.3. The van der Waals surface area contributed by atoms with Gasteiger partial charge < -0.3 is 9.47 Å². The first-order valence-electron chi connectivity index (χ1n) is 8.65. The molecule has 6 heteroatoms. The molecule has 1 aliphatic rings. The maximum Gasteiger partial charge on any atom is 0.338 e. The van der Waals surface area contributed by atoms with E-state index in [1.165, 1.54) is 5.57 Å². The van der Waals surface area contributed by atoms with Gasteiger partial charge in [0.05, 0.1) is 55.2 Å². The molecule has 1 aromatic carbocycles. The summed E-state index contributed by atoms with van der Waals surface area (Å²) in [6, 6.07) is 7.40. The molecule has 2 aromatic heterocycles. The SMILES string of the molecule is CCOC(=O)c1ccccc1-c1cnn2cc(C3=CCOCC3)ncc12. The number of rotatable bonds is 4. The minimum atomic E-state index is -0.334. The van der Waals surface area contributed by atoms with E-state index in [9.17, 15) is 4.79 Å². The topological polar surface area (TPSA) is 65.7 Å². The van der Waals surface area contributed by atoms with Crippen molar-refractivity contribution in [3.8, 4) is 11.1 Å². The predicted octanol–water partition coefficient (Wildman–Crippen LogP) is 3.38. The van der Waals surface area contributed by atoms with E-state index in [1.54, 1.807) is 29.9 Å². The summed E-state index contributed by atoms with van der Waals surface area (Å²) in [7, 11) is 0. The molecule has 3 aromatic rings. The van der Waals surface area contributed by atoms with Gasteiger partial charge in [0, 0.05) is 11.1 Å². The summed E-state index contributed by atoms with van der Waals surface area (Å²) in [6.07, 6.45) is 8.38. The number of fused-ring (bicyclic) bond motifs is 1. The van der Waals surface area contributed by atoms with Crippen LogP contribution in [-0.2, 0) is 9.47 Å². The zero-order valence-corrected chi connectivity index (χ0v) is 14.5. The lowest BCUT2D eigenvalue weighted by Crippen LogP contribution is -2.06. The third kappa shape index (κ3) is 2.99. The van der Waals surface area contributed by atoms with Gasteiger partial charge in [-0.3, -0.25) is 4.98 Å². The number of carbonyl (C=O) groups is 1. The van der Waals surface area contributed by atoms with Gasteiger partial charge in [-0.1, -0.05) is 24.3 Å². The second-order valence-electron chi connectivity index (χ2n) is 5.98. The van der Waals surface area contributed by atoms with Crippen molar-refractivity contribution in [2.24, 2.45) is 0 Å². The quantitative estimate of drug-likeness (QED) is 0.676. The normalized spacial score (nSPS) is 14.3. The first-order valence-corrected chi connectivity index (χ1v) is 8.65. The molecule has 0 unspecified atom stereocenters. The van der Waals surface area contributed by atoms with E-state index in [0.717, 1.165) is 28.8 Å². The number of hydrogen-bond donors (Lipinski definition) is 0. The lowest BCUT2D eigenvalue weighted by Gasteiger charge is -2.13. The monoisotopic (exact) mass is 349 g/mol. The van der Waals surface area contributed by atoms with Crippen LogP contribution < -0.4 is 0 Å². The van der Waals surface area contributed by atoms with Crippen LogP contribution in [0.1, 0.15) is 29.4 Å². The van der Waals surface area contributed by atoms with Crippen molar-refractivity contribution in [2.45, 2.75) is 13.3 Å². The van der Waals surface area contributed by atoms with E-state index in [2.05, 4.69) is 16.2 Å². The van der Waals surface area contributed by atoms with Crippen molar-refractivity contribution in [3.63, 3.8) is 0 Å². The van der Waals surface area contributed by atoms with Crippen LogP contribution in [0.25, 0.3) is 22.2 Å². The molecule has 0 saturated heterocycles. The number of esters is 1. The molecular formula is C20H19N3O3. The lowest BCUT2D eigenvalue weighted by molar-refractivity contribution is 0.0527. The van der Waals surface area contributed by atoms with Gasteiger partial charge in [0.25, 0.3) is 0 Å². The highest BCUT2D eigenvalue weighted by molar-refractivity contribution is 5.99. The van der Waals surface area contributed by atoms with E-state index in [0.29, 0.717) is 25.4 Å². The summed E-state index contributed by atoms with van der Waals surface area (Å²) >= 11 is 0. The highest BCUT2D eigenvalue weighted by Crippen LogP contribution is 2.29. The zero-order valence-electron chi connectivity index (χ0n) is 14.5. The fourth-order valence-corrected chi connectivity index (χ4v) is 3.12. The van der Waals surface area contributed by atoms with E-state index in [-0.39, 0.29) is 5.97 Å². The summed E-state index contributed by atoms with van der Waals surface area (Å²) in [4.78, 5) is 16.9. The predicted molar refractivity (Wildman–Crippen MR) is 97.8 cm³/mol. The molecule has 0 saturated carbocycles. The summed E-state index contributed by atoms with van der Waals surface area (Å²) in [6.45, 7) is 3.47. The van der Waals surface area contributed by atoms with Crippen molar-refractivity contribution in [1.82, 2.24) is 14.6 Å². The maximum absolute atomic E-state index is 12.3. The molecule has 0 radical (unpaired) electrons. The minimum Gasteiger partial charge on any atom is -0.462 e. The second kappa shape index (κ2) is 7.09. The van der Waals surface area contributed by atoms with Crippen LogP contribution in [0.4, 0.5) is 0 Å². The minimum absolute atomic E-state index is 0.334. The number of carbonyl (C=O) groups excluding carboxylic acids is 1. The molecule has 26 heavy (non-hydrogen) atoms. The van der Waals surface area contributed by atoms with E-state index < -0.39 is 0 Å². The Hall–Kier alpha value is -2.99. The number of ether oxygens (including phenoxy) is 2. The van der Waals surface area contributed by atoms with Crippen molar-refractivity contribution in [3.05, 3.63) is 60.2 Å². The first kappa shape index (κ1) is 16.5. The van der Waals surface area contributed by atoms with E-state index in [4.69, 9.17) is 9.47 Å². The molecule has 0 N–H and O–H groups in total. The average Bonchev–Trinajstić information content (AvgIpc) is 3.12. The molecule has 1 aliphatic heterocycles. The number of benzene rings is 1. The zero-order chi connectivity index (χ0) is 17.9. The Morgan fingerprint density at radius 1 is 1.27 bits per heavy atom. The lowest BCUT2D eigenvalue weighted by atomic mass is 10.0. The molecule has 0 fully saturated rings. The van der Waals surface area contributed by atoms with Gasteiger partial charge in [-0.2, -0.15) is 5.10 Å². The average molecular weight is 349 g/mol. The van der Waals surface area contributed by atoms with Gasteiger partial charge in [-0.25, -0.2) is 9.31 Å². The molecule has 6 nitrogen and oxygen atoms in total. The van der Waals surface area contributed by atoms with Gasteiger partial charge in [-0.15, -0.1) is 0 Å². The first-order chi connectivity index (χ1) is 12.8. The molecule has 4 rings (SSSR count).